The van der Waals surface area contributed by atoms with E-state index in [1.165, 1.54) is 4.90 Å². The van der Waals surface area contributed by atoms with Crippen LogP contribution in [0.1, 0.15) is 19.8 Å². The van der Waals surface area contributed by atoms with Crippen LogP contribution >= 0.6 is 0 Å². The molecule has 0 aromatic rings. The summed E-state index contributed by atoms with van der Waals surface area (Å²) < 4.78 is 0. The minimum Gasteiger partial charge on any atom is -0.480 e. The van der Waals surface area contributed by atoms with Gasteiger partial charge in [-0.2, -0.15) is 10.5 Å². The van der Waals surface area contributed by atoms with Crippen molar-refractivity contribution < 1.29 is 9.90 Å². The van der Waals surface area contributed by atoms with Gasteiger partial charge in [-0.05, 0) is 6.42 Å². The molecule has 0 saturated heterocycles. The molecule has 0 spiro atoms. The number of carboxylic acids is 1. The first-order valence-electron chi connectivity index (χ1n) is 4.38. The van der Waals surface area contributed by atoms with E-state index in [1.54, 1.807) is 0 Å². The van der Waals surface area contributed by atoms with Gasteiger partial charge in [-0.1, -0.05) is 13.3 Å². The van der Waals surface area contributed by atoms with Crippen molar-refractivity contribution in [2.75, 3.05) is 13.1 Å². The van der Waals surface area contributed by atoms with E-state index in [0.717, 1.165) is 0 Å². The molecule has 0 aliphatic heterocycles. The fraction of sp³-hybridized carbons (Fsp3) is 0.667. The highest BCUT2D eigenvalue weighted by Crippen LogP contribution is 2.06. The highest BCUT2D eigenvalue weighted by atomic mass is 16.4. The Kier molecular flexibility index (Phi) is 6.09. The monoisotopic (exact) mass is 195 g/mol. The molecule has 0 aromatic carbocycles. The van der Waals surface area contributed by atoms with E-state index in [1.807, 2.05) is 19.1 Å². The minimum atomic E-state index is -0.975. The highest BCUT2D eigenvalue weighted by Gasteiger charge is 2.23. The molecule has 1 N–H and O–H groups in total. The topological polar surface area (TPSA) is 88.1 Å². The Morgan fingerprint density at radius 3 is 2.21 bits per heavy atom. The first-order valence-corrected chi connectivity index (χ1v) is 4.38. The molecule has 0 heterocycles. The number of hydrogen-bond acceptors (Lipinski definition) is 4. The Hall–Kier alpha value is -1.59. The fourth-order valence-electron chi connectivity index (χ4n) is 1.19. The van der Waals surface area contributed by atoms with Gasteiger partial charge in [-0.3, -0.25) is 9.69 Å². The number of carbonyl (C=O) groups is 1. The van der Waals surface area contributed by atoms with Crippen molar-refractivity contribution in [3.63, 3.8) is 0 Å². The van der Waals surface area contributed by atoms with E-state index >= 15 is 0 Å². The highest BCUT2D eigenvalue weighted by molar-refractivity contribution is 5.73. The minimum absolute atomic E-state index is 0.0233. The van der Waals surface area contributed by atoms with E-state index in [4.69, 9.17) is 15.6 Å². The molecular formula is C9H13N3O2. The molecule has 0 rings (SSSR count). The number of hydrogen-bond donors (Lipinski definition) is 1. The molecule has 0 fully saturated rings. The van der Waals surface area contributed by atoms with Crippen molar-refractivity contribution in [1.29, 1.82) is 10.5 Å². The summed E-state index contributed by atoms with van der Waals surface area (Å²) in [7, 11) is 0. The average molecular weight is 195 g/mol. The number of rotatable bonds is 6. The number of nitrogens with zero attached hydrogens (tertiary/aromatic N) is 3. The summed E-state index contributed by atoms with van der Waals surface area (Å²) in [6.07, 6.45) is 1.17. The molecule has 76 valence electrons. The first kappa shape index (κ1) is 12.4. The van der Waals surface area contributed by atoms with Crippen molar-refractivity contribution in [2.45, 2.75) is 25.8 Å². The zero-order chi connectivity index (χ0) is 11.0. The summed E-state index contributed by atoms with van der Waals surface area (Å²) in [5.74, 6) is -0.975. The van der Waals surface area contributed by atoms with Crippen LogP contribution in [0.2, 0.25) is 0 Å². The second-order valence-electron chi connectivity index (χ2n) is 2.86. The molecule has 0 bridgehead atoms. The second-order valence-corrected chi connectivity index (χ2v) is 2.86. The van der Waals surface area contributed by atoms with Crippen molar-refractivity contribution in [2.24, 2.45) is 0 Å². The Bertz CT molecular complexity index is 248. The van der Waals surface area contributed by atoms with Crippen molar-refractivity contribution in [3.8, 4) is 12.1 Å². The Labute approximate surface area is 83.2 Å². The third-order valence-corrected chi connectivity index (χ3v) is 1.84. The van der Waals surface area contributed by atoms with Crippen molar-refractivity contribution in [1.82, 2.24) is 4.90 Å². The molecule has 0 aromatic heterocycles. The summed E-state index contributed by atoms with van der Waals surface area (Å²) in [6.45, 7) is 1.82. The SMILES string of the molecule is CCC[C@@H](C(=O)O)N(CC#N)CC#N. The lowest BCUT2D eigenvalue weighted by atomic mass is 10.1. The van der Waals surface area contributed by atoms with Crippen LogP contribution in [-0.2, 0) is 4.79 Å². The van der Waals surface area contributed by atoms with E-state index in [-0.39, 0.29) is 13.1 Å². The van der Waals surface area contributed by atoms with E-state index in [0.29, 0.717) is 12.8 Å². The largest absolute Gasteiger partial charge is 0.480 e. The predicted molar refractivity (Wildman–Crippen MR) is 49.1 cm³/mol. The van der Waals surface area contributed by atoms with Gasteiger partial charge < -0.3 is 5.11 Å². The van der Waals surface area contributed by atoms with Crippen LogP contribution in [0.5, 0.6) is 0 Å². The molecule has 1 atom stereocenters. The Balaban J connectivity index is 4.48. The third kappa shape index (κ3) is 3.88. The van der Waals surface area contributed by atoms with Gasteiger partial charge in [0.05, 0.1) is 25.2 Å². The quantitative estimate of drug-likeness (QED) is 0.626. The standard InChI is InChI=1S/C9H13N3O2/c1-2-3-8(9(13)14)12(6-4-10)7-5-11/h8H,2-3,6-7H2,1H3,(H,13,14)/t8-/m0/s1. The summed E-state index contributed by atoms with van der Waals surface area (Å²) in [4.78, 5) is 12.2. The van der Waals surface area contributed by atoms with Crippen LogP contribution in [0, 0.1) is 22.7 Å². The van der Waals surface area contributed by atoms with Gasteiger partial charge in [-0.15, -0.1) is 0 Å². The van der Waals surface area contributed by atoms with Crippen LogP contribution in [-0.4, -0.2) is 35.1 Å². The van der Waals surface area contributed by atoms with Crippen molar-refractivity contribution >= 4 is 5.97 Å². The maximum Gasteiger partial charge on any atom is 0.320 e. The molecule has 0 radical (unpaired) electrons. The van der Waals surface area contributed by atoms with Gasteiger partial charge >= 0.3 is 5.97 Å². The van der Waals surface area contributed by atoms with Crippen LogP contribution in [0.4, 0.5) is 0 Å². The molecule has 0 unspecified atom stereocenters. The van der Waals surface area contributed by atoms with Gasteiger partial charge in [0.15, 0.2) is 0 Å². The summed E-state index contributed by atoms with van der Waals surface area (Å²) in [5.41, 5.74) is 0. The maximum atomic E-state index is 10.8. The Morgan fingerprint density at radius 2 is 1.93 bits per heavy atom. The molecule has 5 nitrogen and oxygen atoms in total. The third-order valence-electron chi connectivity index (χ3n) is 1.84. The lowest BCUT2D eigenvalue weighted by molar-refractivity contribution is -0.143. The fourth-order valence-corrected chi connectivity index (χ4v) is 1.19. The zero-order valence-corrected chi connectivity index (χ0v) is 8.10. The normalized spacial score (nSPS) is 11.7. The second kappa shape index (κ2) is 6.88. The van der Waals surface area contributed by atoms with Crippen LogP contribution < -0.4 is 0 Å². The van der Waals surface area contributed by atoms with Crippen LogP contribution in [0.3, 0.4) is 0 Å². The van der Waals surface area contributed by atoms with E-state index < -0.39 is 12.0 Å². The smallest absolute Gasteiger partial charge is 0.320 e. The Morgan fingerprint density at radius 1 is 1.43 bits per heavy atom. The molecule has 0 saturated carbocycles. The van der Waals surface area contributed by atoms with Gasteiger partial charge in [0.1, 0.15) is 6.04 Å². The maximum absolute atomic E-state index is 10.8. The number of nitriles is 2. The van der Waals surface area contributed by atoms with Gasteiger partial charge in [0.25, 0.3) is 0 Å². The molecule has 0 aliphatic rings. The summed E-state index contributed by atoms with van der Waals surface area (Å²) in [5, 5.41) is 25.8. The summed E-state index contributed by atoms with van der Waals surface area (Å²) in [6, 6.07) is 2.99. The van der Waals surface area contributed by atoms with Gasteiger partial charge in [-0.25, -0.2) is 0 Å². The predicted octanol–water partition coefficient (Wildman–Crippen LogP) is 0.589. The molecule has 14 heavy (non-hydrogen) atoms. The first-order chi connectivity index (χ1) is 6.67. The number of aliphatic carboxylic acids is 1. The van der Waals surface area contributed by atoms with Crippen molar-refractivity contribution in [3.05, 3.63) is 0 Å². The number of carboxylic acid groups (broad SMARTS) is 1. The van der Waals surface area contributed by atoms with Gasteiger partial charge in [0, 0.05) is 0 Å². The van der Waals surface area contributed by atoms with Crippen LogP contribution in [0.25, 0.3) is 0 Å². The van der Waals surface area contributed by atoms with E-state index in [2.05, 4.69) is 0 Å². The van der Waals surface area contributed by atoms with E-state index in [9.17, 15) is 4.79 Å². The lowest BCUT2D eigenvalue weighted by Gasteiger charge is -2.23. The lowest BCUT2D eigenvalue weighted by Crippen LogP contribution is -2.41. The molecule has 0 amide bonds. The van der Waals surface area contributed by atoms with Gasteiger partial charge in [0.2, 0.25) is 0 Å². The molecule has 0 aliphatic carbocycles. The molecule has 5 heteroatoms. The zero-order valence-electron chi connectivity index (χ0n) is 8.10. The van der Waals surface area contributed by atoms with Crippen LogP contribution in [0.15, 0.2) is 0 Å². The molecular weight excluding hydrogens is 182 g/mol. The summed E-state index contributed by atoms with van der Waals surface area (Å²) >= 11 is 0. The average Bonchev–Trinajstić information content (AvgIpc) is 2.13.